The number of hydrogen-bond donors (Lipinski definition) is 0. The van der Waals surface area contributed by atoms with Crippen molar-refractivity contribution in [2.24, 2.45) is 0 Å². The van der Waals surface area contributed by atoms with Crippen LogP contribution in [0.3, 0.4) is 0 Å². The van der Waals surface area contributed by atoms with E-state index in [2.05, 4.69) is 0 Å². The minimum Gasteiger partial charge on any atom is -0.424 e. The first-order valence-electron chi connectivity index (χ1n) is 6.41. The van der Waals surface area contributed by atoms with Crippen molar-refractivity contribution in [1.29, 1.82) is 0 Å². The highest BCUT2D eigenvalue weighted by molar-refractivity contribution is 6.35. The fourth-order valence-corrected chi connectivity index (χ4v) is 2.55. The van der Waals surface area contributed by atoms with Gasteiger partial charge in [0.2, 0.25) is 0 Å². The first kappa shape index (κ1) is 17.1. The molecule has 0 aromatic heterocycles. The number of carbonyl (C=O) groups excluding carboxylic acids is 1. The molecule has 6 heteroatoms. The SMILES string of the molecule is COCC(=O)Oc1cc(Cl)ccc1Cc1ccc(Cl)cc1Cl. The molecule has 116 valence electrons. The third-order valence-electron chi connectivity index (χ3n) is 2.91. The van der Waals surface area contributed by atoms with Gasteiger partial charge in [0.15, 0.2) is 0 Å². The number of methoxy groups -OCH3 is 1. The van der Waals surface area contributed by atoms with Gasteiger partial charge < -0.3 is 9.47 Å². The largest absolute Gasteiger partial charge is 0.424 e. The smallest absolute Gasteiger partial charge is 0.337 e. The Bertz CT molecular complexity index is 686. The molecular formula is C16H13Cl3O3. The van der Waals surface area contributed by atoms with Gasteiger partial charge in [-0.25, -0.2) is 4.79 Å². The van der Waals surface area contributed by atoms with E-state index in [0.717, 1.165) is 11.1 Å². The molecule has 22 heavy (non-hydrogen) atoms. The first-order valence-corrected chi connectivity index (χ1v) is 7.55. The van der Waals surface area contributed by atoms with Crippen LogP contribution in [0.2, 0.25) is 15.1 Å². The Morgan fingerprint density at radius 3 is 2.27 bits per heavy atom. The highest BCUT2D eigenvalue weighted by Gasteiger charge is 2.12. The molecule has 0 radical (unpaired) electrons. The Kier molecular flexibility index (Phi) is 6.09. The lowest BCUT2D eigenvalue weighted by atomic mass is 10.0. The van der Waals surface area contributed by atoms with Crippen LogP contribution < -0.4 is 4.74 Å². The zero-order valence-corrected chi connectivity index (χ0v) is 14.0. The zero-order chi connectivity index (χ0) is 16.1. The van der Waals surface area contributed by atoms with Gasteiger partial charge >= 0.3 is 5.97 Å². The van der Waals surface area contributed by atoms with Gasteiger partial charge in [-0.2, -0.15) is 0 Å². The number of esters is 1. The Morgan fingerprint density at radius 1 is 1.00 bits per heavy atom. The van der Waals surface area contributed by atoms with E-state index in [4.69, 9.17) is 44.3 Å². The number of ether oxygens (including phenoxy) is 2. The van der Waals surface area contributed by atoms with E-state index in [-0.39, 0.29) is 6.61 Å². The molecule has 0 bridgehead atoms. The molecule has 0 unspecified atom stereocenters. The van der Waals surface area contributed by atoms with Crippen molar-refractivity contribution in [2.75, 3.05) is 13.7 Å². The van der Waals surface area contributed by atoms with E-state index in [1.54, 1.807) is 30.3 Å². The summed E-state index contributed by atoms with van der Waals surface area (Å²) in [5, 5.41) is 1.60. The maximum absolute atomic E-state index is 11.6. The number of carbonyl (C=O) groups is 1. The molecule has 0 aliphatic heterocycles. The molecule has 0 atom stereocenters. The van der Waals surface area contributed by atoms with Crippen molar-refractivity contribution < 1.29 is 14.3 Å². The van der Waals surface area contributed by atoms with Crippen molar-refractivity contribution >= 4 is 40.8 Å². The second kappa shape index (κ2) is 7.84. The average Bonchev–Trinajstić information content (AvgIpc) is 2.44. The zero-order valence-electron chi connectivity index (χ0n) is 11.7. The minimum absolute atomic E-state index is 0.131. The Morgan fingerprint density at radius 2 is 1.64 bits per heavy atom. The van der Waals surface area contributed by atoms with E-state index in [1.165, 1.54) is 7.11 Å². The van der Waals surface area contributed by atoms with Gasteiger partial charge in [-0.1, -0.05) is 46.9 Å². The third kappa shape index (κ3) is 4.62. The molecule has 2 rings (SSSR count). The molecular weight excluding hydrogens is 347 g/mol. The summed E-state index contributed by atoms with van der Waals surface area (Å²) in [4.78, 5) is 11.6. The standard InChI is InChI=1S/C16H13Cl3O3/c1-21-9-16(20)22-15-8-13(18)5-3-11(15)6-10-2-4-12(17)7-14(10)19/h2-5,7-8H,6,9H2,1H3. The van der Waals surface area contributed by atoms with Gasteiger partial charge in [-0.05, 0) is 35.4 Å². The van der Waals surface area contributed by atoms with Gasteiger partial charge in [0, 0.05) is 28.6 Å². The highest BCUT2D eigenvalue weighted by atomic mass is 35.5. The van der Waals surface area contributed by atoms with Gasteiger partial charge in [0.25, 0.3) is 0 Å². The number of hydrogen-bond acceptors (Lipinski definition) is 3. The maximum Gasteiger partial charge on any atom is 0.337 e. The maximum atomic E-state index is 11.6. The Labute approximate surface area is 143 Å². The van der Waals surface area contributed by atoms with Crippen LogP contribution in [0.4, 0.5) is 0 Å². The molecule has 0 amide bonds. The van der Waals surface area contributed by atoms with Crippen molar-refractivity contribution in [3.05, 3.63) is 62.6 Å². The van der Waals surface area contributed by atoms with E-state index < -0.39 is 5.97 Å². The molecule has 2 aromatic carbocycles. The van der Waals surface area contributed by atoms with Crippen molar-refractivity contribution in [2.45, 2.75) is 6.42 Å². The monoisotopic (exact) mass is 358 g/mol. The minimum atomic E-state index is -0.492. The molecule has 0 heterocycles. The Balaban J connectivity index is 2.28. The van der Waals surface area contributed by atoms with E-state index in [9.17, 15) is 4.79 Å². The molecule has 0 N–H and O–H groups in total. The van der Waals surface area contributed by atoms with Gasteiger partial charge in [0.05, 0.1) is 0 Å². The van der Waals surface area contributed by atoms with Crippen LogP contribution in [0.1, 0.15) is 11.1 Å². The number of benzene rings is 2. The van der Waals surface area contributed by atoms with Gasteiger partial charge in [0.1, 0.15) is 12.4 Å². The molecule has 0 aliphatic rings. The predicted octanol–water partition coefficient (Wildman–Crippen LogP) is 4.79. The van der Waals surface area contributed by atoms with E-state index in [1.807, 2.05) is 6.07 Å². The van der Waals surface area contributed by atoms with Crippen LogP contribution in [-0.2, 0) is 16.0 Å². The molecule has 2 aromatic rings. The Hall–Kier alpha value is -1.26. The summed E-state index contributed by atoms with van der Waals surface area (Å²) in [5.74, 6) is -0.103. The summed E-state index contributed by atoms with van der Waals surface area (Å²) < 4.78 is 10.0. The molecule has 0 saturated heterocycles. The van der Waals surface area contributed by atoms with Crippen LogP contribution >= 0.6 is 34.8 Å². The molecule has 0 aliphatic carbocycles. The summed E-state index contributed by atoms with van der Waals surface area (Å²) in [6.07, 6.45) is 0.489. The van der Waals surface area contributed by atoms with Crippen LogP contribution in [0.25, 0.3) is 0 Å². The van der Waals surface area contributed by atoms with Gasteiger partial charge in [-0.15, -0.1) is 0 Å². The summed E-state index contributed by atoms with van der Waals surface area (Å²) in [7, 11) is 1.42. The van der Waals surface area contributed by atoms with Crippen LogP contribution in [0.5, 0.6) is 5.75 Å². The van der Waals surface area contributed by atoms with Crippen LogP contribution in [0, 0.1) is 0 Å². The molecule has 0 saturated carbocycles. The summed E-state index contributed by atoms with van der Waals surface area (Å²) in [5.41, 5.74) is 1.66. The summed E-state index contributed by atoms with van der Waals surface area (Å²) in [6, 6.07) is 10.4. The fraction of sp³-hybridized carbons (Fsp3) is 0.188. The molecule has 3 nitrogen and oxygen atoms in total. The lowest BCUT2D eigenvalue weighted by Gasteiger charge is -2.11. The first-order chi connectivity index (χ1) is 10.5. The van der Waals surface area contributed by atoms with Crippen LogP contribution in [0.15, 0.2) is 36.4 Å². The van der Waals surface area contributed by atoms with Gasteiger partial charge in [-0.3, -0.25) is 0 Å². The normalized spacial score (nSPS) is 10.5. The lowest BCUT2D eigenvalue weighted by Crippen LogP contribution is -2.15. The number of halogens is 3. The topological polar surface area (TPSA) is 35.5 Å². The third-order valence-corrected chi connectivity index (χ3v) is 3.73. The van der Waals surface area contributed by atoms with E-state index in [0.29, 0.717) is 27.2 Å². The van der Waals surface area contributed by atoms with Crippen molar-refractivity contribution in [3.8, 4) is 5.75 Å². The average molecular weight is 360 g/mol. The second-order valence-electron chi connectivity index (χ2n) is 4.57. The molecule has 0 fully saturated rings. The summed E-state index contributed by atoms with van der Waals surface area (Å²) >= 11 is 18.0. The fourth-order valence-electron chi connectivity index (χ4n) is 1.91. The van der Waals surface area contributed by atoms with E-state index >= 15 is 0 Å². The second-order valence-corrected chi connectivity index (χ2v) is 5.85. The molecule has 0 spiro atoms. The van der Waals surface area contributed by atoms with Crippen LogP contribution in [-0.4, -0.2) is 19.7 Å². The van der Waals surface area contributed by atoms with Crippen molar-refractivity contribution in [1.82, 2.24) is 0 Å². The number of rotatable bonds is 5. The summed E-state index contributed by atoms with van der Waals surface area (Å²) in [6.45, 7) is -0.131. The quantitative estimate of drug-likeness (QED) is 0.569. The lowest BCUT2D eigenvalue weighted by molar-refractivity contribution is -0.138. The van der Waals surface area contributed by atoms with Crippen molar-refractivity contribution in [3.63, 3.8) is 0 Å². The highest BCUT2D eigenvalue weighted by Crippen LogP contribution is 2.29. The predicted molar refractivity (Wildman–Crippen MR) is 88.2 cm³/mol.